The van der Waals surface area contributed by atoms with Gasteiger partial charge in [0.2, 0.25) is 11.4 Å². The fraction of sp³-hybridized carbons (Fsp3) is 0.0588. The number of H-pyrrole nitrogens is 1. The van der Waals surface area contributed by atoms with Crippen molar-refractivity contribution in [2.45, 2.75) is 4.90 Å². The minimum Gasteiger partial charge on any atom is -0.494 e. The first kappa shape index (κ1) is 13.9. The molecule has 114 valence electrons. The molecule has 23 heavy (non-hydrogen) atoms. The van der Waals surface area contributed by atoms with Gasteiger partial charge in [0.25, 0.3) is 0 Å². The lowest BCUT2D eigenvalue weighted by molar-refractivity contribution is 0.437. The molecule has 0 aliphatic carbocycles. The predicted octanol–water partition coefficient (Wildman–Crippen LogP) is 3.08. The van der Waals surface area contributed by atoms with Crippen molar-refractivity contribution >= 4 is 34.6 Å². The van der Waals surface area contributed by atoms with Crippen molar-refractivity contribution in [2.75, 3.05) is 0 Å². The molecule has 3 aromatic heterocycles. The molecule has 0 aliphatic rings. The highest BCUT2D eigenvalue weighted by molar-refractivity contribution is 7.80. The molecular formula is C17H13N3O2S. The Morgan fingerprint density at radius 1 is 1.17 bits per heavy atom. The van der Waals surface area contributed by atoms with Crippen LogP contribution in [0.3, 0.4) is 0 Å². The van der Waals surface area contributed by atoms with Gasteiger partial charge >= 0.3 is 0 Å². The number of aromatic amines is 1. The Bertz CT molecular complexity index is 1130. The second-order valence-electron chi connectivity index (χ2n) is 5.42. The van der Waals surface area contributed by atoms with Crippen LogP contribution in [0.5, 0.6) is 5.88 Å². The molecule has 0 fully saturated rings. The zero-order valence-electron chi connectivity index (χ0n) is 12.2. The van der Waals surface area contributed by atoms with E-state index < -0.39 is 0 Å². The van der Waals surface area contributed by atoms with Crippen LogP contribution in [0.1, 0.15) is 0 Å². The highest BCUT2D eigenvalue weighted by Gasteiger charge is 2.17. The van der Waals surface area contributed by atoms with E-state index in [2.05, 4.69) is 22.6 Å². The Morgan fingerprint density at radius 3 is 2.78 bits per heavy atom. The third-order valence-electron chi connectivity index (χ3n) is 3.99. The maximum Gasteiger partial charge on any atom is 0.249 e. The lowest BCUT2D eigenvalue weighted by Gasteiger charge is -2.03. The van der Waals surface area contributed by atoms with Gasteiger partial charge < -0.3 is 14.7 Å². The smallest absolute Gasteiger partial charge is 0.249 e. The summed E-state index contributed by atoms with van der Waals surface area (Å²) in [4.78, 5) is 19.5. The molecule has 0 aliphatic heterocycles. The molecule has 1 aromatic carbocycles. The average molecular weight is 323 g/mol. The van der Waals surface area contributed by atoms with Crippen LogP contribution < -0.4 is 5.56 Å². The third-order valence-corrected chi connectivity index (χ3v) is 4.27. The summed E-state index contributed by atoms with van der Waals surface area (Å²) >= 11 is 4.38. The fourth-order valence-electron chi connectivity index (χ4n) is 2.84. The number of hydrogen-bond donors (Lipinski definition) is 3. The first-order valence-electron chi connectivity index (χ1n) is 7.05. The quantitative estimate of drug-likeness (QED) is 0.471. The number of benzene rings is 1. The summed E-state index contributed by atoms with van der Waals surface area (Å²) in [6.45, 7) is 0. The molecule has 0 radical (unpaired) electrons. The third kappa shape index (κ3) is 2.10. The standard InChI is InChI=1S/C17H13N3O2S/c1-20-13-6-4-10(23)8-11(13)15(17(20)22)12-5-2-9-3-7-14(21)19-16(9)18-12/h2-8,22-23H,1H3,(H,18,19,21). The number of aromatic nitrogens is 3. The van der Waals surface area contributed by atoms with E-state index in [1.165, 1.54) is 6.07 Å². The molecule has 6 heteroatoms. The van der Waals surface area contributed by atoms with E-state index in [4.69, 9.17) is 0 Å². The van der Waals surface area contributed by atoms with Gasteiger partial charge in [-0.3, -0.25) is 4.79 Å². The number of thiol groups is 1. The number of aromatic hydroxyl groups is 1. The highest BCUT2D eigenvalue weighted by atomic mass is 32.1. The van der Waals surface area contributed by atoms with Crippen molar-refractivity contribution < 1.29 is 5.11 Å². The van der Waals surface area contributed by atoms with Gasteiger partial charge in [-0.15, -0.1) is 12.6 Å². The maximum absolute atomic E-state index is 11.5. The van der Waals surface area contributed by atoms with Crippen LogP contribution >= 0.6 is 12.6 Å². The van der Waals surface area contributed by atoms with Crippen molar-refractivity contribution in [1.82, 2.24) is 14.5 Å². The van der Waals surface area contributed by atoms with Gasteiger partial charge in [-0.2, -0.15) is 0 Å². The Kier molecular flexibility index (Phi) is 2.96. The van der Waals surface area contributed by atoms with E-state index in [0.717, 1.165) is 21.2 Å². The van der Waals surface area contributed by atoms with E-state index in [1.54, 1.807) is 17.7 Å². The van der Waals surface area contributed by atoms with Gasteiger partial charge in [0.15, 0.2) is 0 Å². The van der Waals surface area contributed by atoms with E-state index in [9.17, 15) is 9.90 Å². The molecule has 3 heterocycles. The molecule has 0 atom stereocenters. The molecule has 5 nitrogen and oxygen atoms in total. The van der Waals surface area contributed by atoms with Gasteiger partial charge in [-0.05, 0) is 36.4 Å². The van der Waals surface area contributed by atoms with E-state index >= 15 is 0 Å². The molecule has 0 amide bonds. The van der Waals surface area contributed by atoms with Crippen molar-refractivity contribution in [3.8, 4) is 17.1 Å². The molecule has 0 spiro atoms. The largest absolute Gasteiger partial charge is 0.494 e. The van der Waals surface area contributed by atoms with E-state index in [0.29, 0.717) is 16.9 Å². The van der Waals surface area contributed by atoms with Crippen LogP contribution in [0.25, 0.3) is 33.2 Å². The average Bonchev–Trinajstić information content (AvgIpc) is 2.77. The summed E-state index contributed by atoms with van der Waals surface area (Å²) in [5.41, 5.74) is 2.40. The van der Waals surface area contributed by atoms with Gasteiger partial charge in [-0.1, -0.05) is 0 Å². The van der Waals surface area contributed by atoms with Crippen LogP contribution in [-0.4, -0.2) is 19.6 Å². The number of rotatable bonds is 1. The topological polar surface area (TPSA) is 70.9 Å². The summed E-state index contributed by atoms with van der Waals surface area (Å²) in [5, 5.41) is 12.2. The van der Waals surface area contributed by atoms with E-state index in [1.807, 2.05) is 30.3 Å². The van der Waals surface area contributed by atoms with Crippen molar-refractivity contribution in [1.29, 1.82) is 0 Å². The number of fused-ring (bicyclic) bond motifs is 2. The number of hydrogen-bond acceptors (Lipinski definition) is 4. The molecule has 0 saturated carbocycles. The summed E-state index contributed by atoms with van der Waals surface area (Å²) in [5.74, 6) is 0.129. The summed E-state index contributed by atoms with van der Waals surface area (Å²) < 4.78 is 1.71. The van der Waals surface area contributed by atoms with Gasteiger partial charge in [0.05, 0.1) is 16.8 Å². The molecule has 0 saturated heterocycles. The van der Waals surface area contributed by atoms with Crippen LogP contribution in [0, 0.1) is 0 Å². The second kappa shape index (κ2) is 4.89. The molecule has 0 bridgehead atoms. The normalized spacial score (nSPS) is 11.4. The van der Waals surface area contributed by atoms with Gasteiger partial charge in [0, 0.05) is 28.8 Å². The molecular weight excluding hydrogens is 310 g/mol. The van der Waals surface area contributed by atoms with Crippen LogP contribution in [0.4, 0.5) is 0 Å². The minimum absolute atomic E-state index is 0.129. The summed E-state index contributed by atoms with van der Waals surface area (Å²) in [7, 11) is 1.79. The number of nitrogens with zero attached hydrogens (tertiary/aromatic N) is 2. The summed E-state index contributed by atoms with van der Waals surface area (Å²) in [6, 6.07) is 12.6. The Balaban J connectivity index is 2.07. The van der Waals surface area contributed by atoms with Crippen LogP contribution in [-0.2, 0) is 7.05 Å². The minimum atomic E-state index is -0.207. The fourth-order valence-corrected chi connectivity index (χ4v) is 3.04. The van der Waals surface area contributed by atoms with Crippen molar-refractivity contribution in [3.05, 3.63) is 52.8 Å². The molecule has 2 N–H and O–H groups in total. The zero-order valence-corrected chi connectivity index (χ0v) is 13.1. The molecule has 4 aromatic rings. The van der Waals surface area contributed by atoms with Crippen LogP contribution in [0.15, 0.2) is 52.2 Å². The highest BCUT2D eigenvalue weighted by Crippen LogP contribution is 2.39. The van der Waals surface area contributed by atoms with Gasteiger partial charge in [0.1, 0.15) is 5.65 Å². The number of aryl methyl sites for hydroxylation is 1. The lowest BCUT2D eigenvalue weighted by atomic mass is 10.1. The van der Waals surface area contributed by atoms with E-state index in [-0.39, 0.29) is 11.4 Å². The predicted molar refractivity (Wildman–Crippen MR) is 93.2 cm³/mol. The Hall–Kier alpha value is -2.73. The first-order valence-corrected chi connectivity index (χ1v) is 7.50. The van der Waals surface area contributed by atoms with Gasteiger partial charge in [-0.25, -0.2) is 4.98 Å². The van der Waals surface area contributed by atoms with Crippen LogP contribution in [0.2, 0.25) is 0 Å². The monoisotopic (exact) mass is 323 g/mol. The first-order chi connectivity index (χ1) is 11.0. The van der Waals surface area contributed by atoms with Crippen molar-refractivity contribution in [2.24, 2.45) is 7.05 Å². The molecule has 4 rings (SSSR count). The SMILES string of the molecule is Cn1c(O)c(-c2ccc3ccc(=O)[nH]c3n2)c2cc(S)ccc21. The van der Waals surface area contributed by atoms with Crippen molar-refractivity contribution in [3.63, 3.8) is 0 Å². The molecule has 0 unspecified atom stereocenters. The Morgan fingerprint density at radius 2 is 1.96 bits per heavy atom. The zero-order chi connectivity index (χ0) is 16.1. The second-order valence-corrected chi connectivity index (χ2v) is 5.93. The summed E-state index contributed by atoms with van der Waals surface area (Å²) in [6.07, 6.45) is 0. The number of nitrogens with one attached hydrogen (secondary N) is 1. The number of pyridine rings is 2. The Labute approximate surface area is 136 Å². The lowest BCUT2D eigenvalue weighted by Crippen LogP contribution is -2.03. The maximum atomic E-state index is 11.5.